The van der Waals surface area contributed by atoms with E-state index in [1.54, 1.807) is 18.2 Å². The molecular weight excluding hydrogens is 521 g/mol. The van der Waals surface area contributed by atoms with Crippen LogP contribution in [-0.2, 0) is 10.4 Å². The van der Waals surface area contributed by atoms with Crippen LogP contribution >= 0.6 is 11.6 Å². The van der Waals surface area contributed by atoms with Crippen molar-refractivity contribution in [3.63, 3.8) is 0 Å². The second-order valence-corrected chi connectivity index (χ2v) is 10.3. The average Bonchev–Trinajstić information content (AvgIpc) is 2.92. The van der Waals surface area contributed by atoms with Gasteiger partial charge >= 0.3 is 6.18 Å². The number of pyridine rings is 1. The van der Waals surface area contributed by atoms with Crippen LogP contribution < -0.4 is 4.90 Å². The van der Waals surface area contributed by atoms with E-state index in [2.05, 4.69) is 9.88 Å². The van der Waals surface area contributed by atoms with E-state index in [1.165, 1.54) is 12.1 Å². The summed E-state index contributed by atoms with van der Waals surface area (Å²) in [6.45, 7) is 1.83. The highest BCUT2D eigenvalue weighted by Crippen LogP contribution is 2.42. The number of alkyl halides is 3. The first-order valence-electron chi connectivity index (χ1n) is 12.5. The van der Waals surface area contributed by atoms with Crippen molar-refractivity contribution in [3.8, 4) is 6.07 Å². The molecule has 1 aromatic heterocycles. The first kappa shape index (κ1) is 27.9. The Kier molecular flexibility index (Phi) is 8.28. The third kappa shape index (κ3) is 5.64. The van der Waals surface area contributed by atoms with Crippen LogP contribution in [0.4, 0.5) is 19.0 Å². The van der Waals surface area contributed by atoms with Gasteiger partial charge in [-0.25, -0.2) is 4.98 Å². The summed E-state index contributed by atoms with van der Waals surface area (Å²) in [6, 6.07) is 9.64. The van der Waals surface area contributed by atoms with Crippen LogP contribution in [0.5, 0.6) is 0 Å². The van der Waals surface area contributed by atoms with Crippen molar-refractivity contribution in [2.45, 2.75) is 43.9 Å². The molecule has 38 heavy (non-hydrogen) atoms. The Labute approximate surface area is 223 Å². The number of piperidine rings is 2. The molecule has 1 atom stereocenters. The number of aliphatic hydroxyl groups is 1. The Morgan fingerprint density at radius 2 is 1.74 bits per heavy atom. The van der Waals surface area contributed by atoms with E-state index in [4.69, 9.17) is 16.9 Å². The maximum Gasteiger partial charge on any atom is 0.430 e. The van der Waals surface area contributed by atoms with Gasteiger partial charge in [0.2, 0.25) is 0 Å². The Bertz CT molecular complexity index is 1220. The number of aromatic nitrogens is 1. The number of benzene rings is 1. The number of anilines is 1. The summed E-state index contributed by atoms with van der Waals surface area (Å²) < 4.78 is 42.1. The highest BCUT2D eigenvalue weighted by molar-refractivity contribution is 6.31. The zero-order valence-electron chi connectivity index (χ0n) is 20.6. The molecule has 3 heterocycles. The maximum absolute atomic E-state index is 14.0. The number of hydrogen-bond acceptors (Lipinski definition) is 6. The van der Waals surface area contributed by atoms with Crippen LogP contribution in [0.3, 0.4) is 0 Å². The molecule has 2 aliphatic rings. The normalized spacial score (nSPS) is 19.1. The maximum atomic E-state index is 14.0. The van der Waals surface area contributed by atoms with Crippen LogP contribution in [0.1, 0.15) is 53.6 Å². The number of hydrogen-bond donors (Lipinski definition) is 1. The predicted molar refractivity (Wildman–Crippen MR) is 135 cm³/mol. The summed E-state index contributed by atoms with van der Waals surface area (Å²) in [5, 5.41) is 19.9. The van der Waals surface area contributed by atoms with Crippen LogP contribution in [0.2, 0.25) is 5.15 Å². The van der Waals surface area contributed by atoms with Crippen molar-refractivity contribution in [2.75, 3.05) is 31.1 Å². The molecule has 1 aromatic carbocycles. The van der Waals surface area contributed by atoms with E-state index < -0.39 is 23.2 Å². The van der Waals surface area contributed by atoms with Gasteiger partial charge in [-0.1, -0.05) is 23.7 Å². The number of likely N-dealkylation sites (tertiary alicyclic amines) is 1. The molecule has 2 aliphatic heterocycles. The molecule has 2 aromatic rings. The van der Waals surface area contributed by atoms with Crippen molar-refractivity contribution in [3.05, 3.63) is 58.2 Å². The highest BCUT2D eigenvalue weighted by atomic mass is 35.5. The summed E-state index contributed by atoms with van der Waals surface area (Å²) in [7, 11) is 0. The third-order valence-corrected chi connectivity index (χ3v) is 7.93. The first-order chi connectivity index (χ1) is 18.1. The molecule has 2 saturated heterocycles. The van der Waals surface area contributed by atoms with Gasteiger partial charge in [0.15, 0.2) is 6.29 Å². The minimum Gasteiger partial charge on any atom is -0.369 e. The van der Waals surface area contributed by atoms with Gasteiger partial charge in [0.05, 0.1) is 17.2 Å². The molecule has 11 heteroatoms. The Morgan fingerprint density at radius 1 is 1.11 bits per heavy atom. The topological polar surface area (TPSA) is 97.5 Å². The Balaban J connectivity index is 1.33. The molecule has 0 spiro atoms. The molecule has 0 bridgehead atoms. The van der Waals surface area contributed by atoms with E-state index in [-0.39, 0.29) is 29.7 Å². The SMILES string of the molecule is N#Cc1cccc(C(O)(C(=O)N2CCC(CC3CCN(c4ccc(C=O)c(Cl)n4)CC3)CC2)C(F)(F)F)c1. The largest absolute Gasteiger partial charge is 0.430 e. The lowest BCUT2D eigenvalue weighted by Gasteiger charge is -2.40. The number of nitrogens with zero attached hydrogens (tertiary/aromatic N) is 4. The number of rotatable bonds is 6. The first-order valence-corrected chi connectivity index (χ1v) is 12.9. The van der Waals surface area contributed by atoms with Gasteiger partial charge in [0.1, 0.15) is 11.0 Å². The minimum absolute atomic E-state index is 0.0698. The molecular formula is C27H28ClF3N4O3. The van der Waals surface area contributed by atoms with Gasteiger partial charge in [0, 0.05) is 31.7 Å². The van der Waals surface area contributed by atoms with Crippen molar-refractivity contribution in [2.24, 2.45) is 11.8 Å². The molecule has 202 valence electrons. The zero-order valence-corrected chi connectivity index (χ0v) is 21.4. The lowest BCUT2D eigenvalue weighted by atomic mass is 9.82. The van der Waals surface area contributed by atoms with Crippen molar-refractivity contribution < 1.29 is 27.9 Å². The summed E-state index contributed by atoms with van der Waals surface area (Å²) in [6.07, 6.45) is -0.684. The summed E-state index contributed by atoms with van der Waals surface area (Å²) >= 11 is 6.05. The third-order valence-electron chi connectivity index (χ3n) is 7.63. The van der Waals surface area contributed by atoms with Crippen molar-refractivity contribution >= 4 is 29.6 Å². The lowest BCUT2D eigenvalue weighted by molar-refractivity contribution is -0.262. The molecule has 1 N–H and O–H groups in total. The van der Waals surface area contributed by atoms with Crippen LogP contribution in [0, 0.1) is 23.2 Å². The number of carbonyl (C=O) groups excluding carboxylic acids is 2. The lowest BCUT2D eigenvalue weighted by Crippen LogP contribution is -2.57. The van der Waals surface area contributed by atoms with Crippen molar-refractivity contribution in [1.82, 2.24) is 9.88 Å². The van der Waals surface area contributed by atoms with Crippen LogP contribution in [0.25, 0.3) is 0 Å². The van der Waals surface area contributed by atoms with E-state index in [1.807, 2.05) is 0 Å². The van der Waals surface area contributed by atoms with Crippen molar-refractivity contribution in [1.29, 1.82) is 5.26 Å². The quantitative estimate of drug-likeness (QED) is 0.414. The number of carbonyl (C=O) groups is 2. The fourth-order valence-electron chi connectivity index (χ4n) is 5.39. The molecule has 1 amide bonds. The van der Waals surface area contributed by atoms with Gasteiger partial charge in [-0.05, 0) is 68.2 Å². The molecule has 0 radical (unpaired) electrons. The molecule has 0 aliphatic carbocycles. The standard InChI is InChI=1S/C27H28ClF3N4O3/c28-24-21(17-36)4-5-23(33-24)34-10-6-18(7-11-34)14-19-8-12-35(13-9-19)25(37)26(38,27(29,30)31)22-3-1-2-20(15-22)16-32/h1-5,15,17-19,38H,6-14H2. The monoisotopic (exact) mass is 548 g/mol. The molecule has 2 fully saturated rings. The Hall–Kier alpha value is -3.16. The Morgan fingerprint density at radius 3 is 2.29 bits per heavy atom. The minimum atomic E-state index is -5.24. The number of halogens is 4. The van der Waals surface area contributed by atoms with Gasteiger partial charge in [-0.3, -0.25) is 9.59 Å². The summed E-state index contributed by atoms with van der Waals surface area (Å²) in [5.41, 5.74) is -4.08. The molecule has 0 saturated carbocycles. The van der Waals surface area contributed by atoms with E-state index in [0.717, 1.165) is 55.2 Å². The summed E-state index contributed by atoms with van der Waals surface area (Å²) in [5.74, 6) is 0.0435. The van der Waals surface area contributed by atoms with E-state index >= 15 is 0 Å². The number of amides is 1. The highest BCUT2D eigenvalue weighted by Gasteiger charge is 2.62. The van der Waals surface area contributed by atoms with Gasteiger partial charge in [-0.15, -0.1) is 0 Å². The van der Waals surface area contributed by atoms with E-state index in [0.29, 0.717) is 30.6 Å². The fraction of sp³-hybridized carbons (Fsp3) is 0.481. The second kappa shape index (κ2) is 11.3. The average molecular weight is 549 g/mol. The number of nitriles is 1. The smallest absolute Gasteiger partial charge is 0.369 e. The second-order valence-electron chi connectivity index (χ2n) is 9.97. The predicted octanol–water partition coefficient (Wildman–Crippen LogP) is 4.71. The molecule has 1 unspecified atom stereocenters. The number of aldehydes is 1. The fourth-order valence-corrected chi connectivity index (χ4v) is 5.59. The van der Waals surface area contributed by atoms with Gasteiger partial charge < -0.3 is 14.9 Å². The van der Waals surface area contributed by atoms with E-state index in [9.17, 15) is 27.9 Å². The van der Waals surface area contributed by atoms with Gasteiger partial charge in [0.25, 0.3) is 11.5 Å². The molecule has 7 nitrogen and oxygen atoms in total. The van der Waals surface area contributed by atoms with Gasteiger partial charge in [-0.2, -0.15) is 18.4 Å². The molecule has 4 rings (SSSR count). The zero-order chi connectivity index (χ0) is 27.5. The summed E-state index contributed by atoms with van der Waals surface area (Å²) in [4.78, 5) is 31.5. The van der Waals surface area contributed by atoms with Crippen LogP contribution in [-0.4, -0.2) is 59.5 Å². The van der Waals surface area contributed by atoms with Crippen LogP contribution in [0.15, 0.2) is 36.4 Å².